The average Bonchev–Trinajstić information content (AvgIpc) is 2.77. The topological polar surface area (TPSA) is 55.4 Å². The molecule has 4 heteroatoms. The molecule has 1 saturated carbocycles. The summed E-state index contributed by atoms with van der Waals surface area (Å²) in [7, 11) is 0. The Kier molecular flexibility index (Phi) is 2.31. The van der Waals surface area contributed by atoms with Crippen molar-refractivity contribution in [3.8, 4) is 0 Å². The van der Waals surface area contributed by atoms with Crippen LogP contribution in [0.1, 0.15) is 26.2 Å². The molecule has 14 heavy (non-hydrogen) atoms. The number of piperidine rings is 1. The first kappa shape index (κ1) is 9.65. The van der Waals surface area contributed by atoms with Gasteiger partial charge in [-0.15, -0.1) is 0 Å². The monoisotopic (exact) mass is 197 g/mol. The van der Waals surface area contributed by atoms with Gasteiger partial charge in [0.05, 0.1) is 12.1 Å². The molecule has 4 nitrogen and oxygen atoms in total. The molecule has 1 N–H and O–H groups in total. The van der Waals surface area contributed by atoms with Gasteiger partial charge in [0.25, 0.3) is 5.78 Å². The number of Topliss-reactive ketones (excluding diaryl/α,β-unsaturated/α-hetero) is 1. The minimum Gasteiger partial charge on any atom is -0.460 e. The van der Waals surface area contributed by atoms with Gasteiger partial charge in [-0.1, -0.05) is 0 Å². The van der Waals surface area contributed by atoms with Crippen LogP contribution < -0.4 is 5.32 Å². The molecule has 78 valence electrons. The predicted octanol–water partition coefficient (Wildman–Crippen LogP) is 0.261. The van der Waals surface area contributed by atoms with Crippen LogP contribution in [0.5, 0.6) is 0 Å². The maximum Gasteiger partial charge on any atom is 0.376 e. The van der Waals surface area contributed by atoms with Gasteiger partial charge in [0.2, 0.25) is 0 Å². The number of rotatable bonds is 3. The van der Waals surface area contributed by atoms with Crippen molar-refractivity contribution in [2.24, 2.45) is 5.92 Å². The van der Waals surface area contributed by atoms with Crippen LogP contribution in [-0.2, 0) is 14.3 Å². The summed E-state index contributed by atoms with van der Waals surface area (Å²) in [5, 5.41) is 3.16. The first-order valence-electron chi connectivity index (χ1n) is 5.14. The molecule has 1 aliphatic carbocycles. The second-order valence-electron chi connectivity index (χ2n) is 4.12. The Morgan fingerprint density at radius 2 is 2.36 bits per heavy atom. The molecule has 2 aliphatic rings. The highest BCUT2D eigenvalue weighted by molar-refractivity contribution is 6.37. The van der Waals surface area contributed by atoms with Gasteiger partial charge in [0.15, 0.2) is 0 Å². The standard InChI is InChI=1S/C10H15NO3/c1-2-14-9(13)8(12)10-4-3-7(5-10)6-11-10/h7,11H,2-6H2,1H3. The maximum atomic E-state index is 11.8. The number of hydrogen-bond acceptors (Lipinski definition) is 4. The van der Waals surface area contributed by atoms with Crippen molar-refractivity contribution in [3.63, 3.8) is 0 Å². The Bertz CT molecular complexity index is 267. The quantitative estimate of drug-likeness (QED) is 0.521. The highest BCUT2D eigenvalue weighted by atomic mass is 16.5. The summed E-state index contributed by atoms with van der Waals surface area (Å²) in [5.74, 6) is -0.477. The highest BCUT2D eigenvalue weighted by Crippen LogP contribution is 2.40. The molecular weight excluding hydrogens is 182 g/mol. The van der Waals surface area contributed by atoms with E-state index in [1.807, 2.05) is 0 Å². The Balaban J connectivity index is 2.07. The van der Waals surface area contributed by atoms with Crippen LogP contribution in [0.4, 0.5) is 0 Å². The SMILES string of the molecule is CCOC(=O)C(=O)C12CCC(CN1)C2. The van der Waals surface area contributed by atoms with Gasteiger partial charge >= 0.3 is 5.97 Å². The number of ether oxygens (including phenoxy) is 1. The Labute approximate surface area is 83.0 Å². The number of ketones is 1. The van der Waals surface area contributed by atoms with Crippen LogP contribution >= 0.6 is 0 Å². The van der Waals surface area contributed by atoms with E-state index in [4.69, 9.17) is 4.74 Å². The van der Waals surface area contributed by atoms with Crippen molar-refractivity contribution in [3.05, 3.63) is 0 Å². The second kappa shape index (κ2) is 3.35. The summed E-state index contributed by atoms with van der Waals surface area (Å²) < 4.78 is 4.73. The van der Waals surface area contributed by atoms with Crippen molar-refractivity contribution in [1.29, 1.82) is 0 Å². The van der Waals surface area contributed by atoms with Gasteiger partial charge in [0, 0.05) is 0 Å². The third-order valence-corrected chi connectivity index (χ3v) is 3.24. The maximum absolute atomic E-state index is 11.8. The lowest BCUT2D eigenvalue weighted by molar-refractivity contribution is -0.156. The normalized spacial score (nSPS) is 34.5. The summed E-state index contributed by atoms with van der Waals surface area (Å²) >= 11 is 0. The van der Waals surface area contributed by atoms with Crippen molar-refractivity contribution in [2.45, 2.75) is 31.7 Å². The molecule has 0 radical (unpaired) electrons. The van der Waals surface area contributed by atoms with Gasteiger partial charge < -0.3 is 10.1 Å². The number of carbonyl (C=O) groups is 2. The number of fused-ring (bicyclic) bond motifs is 2. The average molecular weight is 197 g/mol. The zero-order chi connectivity index (χ0) is 10.2. The summed E-state index contributed by atoms with van der Waals surface area (Å²) in [5.41, 5.74) is -0.572. The zero-order valence-corrected chi connectivity index (χ0v) is 8.34. The molecule has 2 rings (SSSR count). The Hall–Kier alpha value is -0.900. The van der Waals surface area contributed by atoms with E-state index in [-0.39, 0.29) is 12.4 Å². The molecule has 2 fully saturated rings. The van der Waals surface area contributed by atoms with Crippen LogP contribution in [-0.4, -0.2) is 30.4 Å². The fourth-order valence-corrected chi connectivity index (χ4v) is 2.50. The zero-order valence-electron chi connectivity index (χ0n) is 8.34. The minimum atomic E-state index is -0.678. The minimum absolute atomic E-state index is 0.268. The molecular formula is C10H15NO3. The molecule has 1 saturated heterocycles. The van der Waals surface area contributed by atoms with Crippen LogP contribution in [0.25, 0.3) is 0 Å². The highest BCUT2D eigenvalue weighted by Gasteiger charge is 2.52. The number of hydrogen-bond donors (Lipinski definition) is 1. The second-order valence-corrected chi connectivity index (χ2v) is 4.12. The van der Waals surface area contributed by atoms with Crippen LogP contribution in [0.3, 0.4) is 0 Å². The molecule has 2 atom stereocenters. The Morgan fingerprint density at radius 1 is 1.57 bits per heavy atom. The lowest BCUT2D eigenvalue weighted by Gasteiger charge is -2.24. The van der Waals surface area contributed by atoms with Crippen LogP contribution in [0.2, 0.25) is 0 Å². The lowest BCUT2D eigenvalue weighted by atomic mass is 9.93. The van der Waals surface area contributed by atoms with E-state index < -0.39 is 11.5 Å². The van der Waals surface area contributed by atoms with E-state index in [1.54, 1.807) is 6.92 Å². The van der Waals surface area contributed by atoms with Crippen LogP contribution in [0.15, 0.2) is 0 Å². The van der Waals surface area contributed by atoms with Crippen molar-refractivity contribution >= 4 is 11.8 Å². The Morgan fingerprint density at radius 3 is 2.79 bits per heavy atom. The van der Waals surface area contributed by atoms with Gasteiger partial charge in [-0.2, -0.15) is 0 Å². The lowest BCUT2D eigenvalue weighted by Crippen LogP contribution is -2.51. The molecule has 1 aliphatic heterocycles. The van der Waals surface area contributed by atoms with Gasteiger partial charge in [-0.25, -0.2) is 4.79 Å². The van der Waals surface area contributed by atoms with E-state index in [0.29, 0.717) is 5.92 Å². The van der Waals surface area contributed by atoms with Crippen molar-refractivity contribution in [2.75, 3.05) is 13.2 Å². The predicted molar refractivity (Wildman–Crippen MR) is 49.7 cm³/mol. The molecule has 2 bridgehead atoms. The first-order valence-corrected chi connectivity index (χ1v) is 5.14. The van der Waals surface area contributed by atoms with E-state index in [0.717, 1.165) is 25.8 Å². The van der Waals surface area contributed by atoms with Crippen molar-refractivity contribution in [1.82, 2.24) is 5.32 Å². The number of carbonyl (C=O) groups excluding carboxylic acids is 2. The smallest absolute Gasteiger partial charge is 0.376 e. The van der Waals surface area contributed by atoms with Gasteiger partial charge in [-0.3, -0.25) is 4.79 Å². The van der Waals surface area contributed by atoms with E-state index in [1.165, 1.54) is 0 Å². The third kappa shape index (κ3) is 1.34. The molecule has 0 aromatic rings. The van der Waals surface area contributed by atoms with E-state index in [2.05, 4.69) is 5.32 Å². The first-order chi connectivity index (χ1) is 6.68. The van der Waals surface area contributed by atoms with Crippen molar-refractivity contribution < 1.29 is 14.3 Å². The molecule has 0 spiro atoms. The molecule has 0 amide bonds. The molecule has 0 aromatic heterocycles. The van der Waals surface area contributed by atoms with E-state index in [9.17, 15) is 9.59 Å². The van der Waals surface area contributed by atoms with Gasteiger partial charge in [-0.05, 0) is 38.6 Å². The fraction of sp³-hybridized carbons (Fsp3) is 0.800. The third-order valence-electron chi connectivity index (χ3n) is 3.24. The summed E-state index contributed by atoms with van der Waals surface area (Å²) in [6.07, 6.45) is 2.65. The fourth-order valence-electron chi connectivity index (χ4n) is 2.50. The summed E-state index contributed by atoms with van der Waals surface area (Å²) in [6.45, 7) is 2.84. The largest absolute Gasteiger partial charge is 0.460 e. The van der Waals surface area contributed by atoms with Gasteiger partial charge in [0.1, 0.15) is 0 Å². The van der Waals surface area contributed by atoms with Crippen LogP contribution in [0, 0.1) is 5.92 Å². The molecule has 2 unspecified atom stereocenters. The number of nitrogens with one attached hydrogen (secondary N) is 1. The summed E-state index contributed by atoms with van der Waals surface area (Å²) in [4.78, 5) is 23.1. The molecule has 1 heterocycles. The summed E-state index contributed by atoms with van der Waals surface area (Å²) in [6, 6.07) is 0. The molecule has 0 aromatic carbocycles. The number of esters is 1. The van der Waals surface area contributed by atoms with E-state index >= 15 is 0 Å².